The molecule has 0 aromatic heterocycles. The molecule has 0 saturated heterocycles. The van der Waals surface area contributed by atoms with Gasteiger partial charge in [-0.1, -0.05) is 12.1 Å². The number of carbonyl (C=O) groups excluding carboxylic acids is 3. The van der Waals surface area contributed by atoms with E-state index in [0.717, 1.165) is 0 Å². The van der Waals surface area contributed by atoms with Crippen molar-refractivity contribution in [2.24, 2.45) is 5.41 Å². The number of Topliss-reactive ketones (excluding diaryl/α,β-unsaturated/α-hetero) is 1. The first-order chi connectivity index (χ1) is 13.1. The maximum absolute atomic E-state index is 12.6. The first-order valence-corrected chi connectivity index (χ1v) is 9.10. The van der Waals surface area contributed by atoms with Crippen LogP contribution in [-0.4, -0.2) is 23.7 Å². The van der Waals surface area contributed by atoms with Crippen molar-refractivity contribution in [3.8, 4) is 5.75 Å². The molecular formula is C22H26N2O4. The number of carbonyl (C=O) groups is 3. The van der Waals surface area contributed by atoms with Gasteiger partial charge in [-0.25, -0.2) is 0 Å². The largest absolute Gasteiger partial charge is 0.491 e. The normalized spacial score (nSPS) is 11.1. The van der Waals surface area contributed by atoms with Crippen LogP contribution < -0.4 is 15.4 Å². The number of hydrogen-bond acceptors (Lipinski definition) is 4. The zero-order valence-corrected chi connectivity index (χ0v) is 16.8. The molecule has 0 spiro atoms. The van der Waals surface area contributed by atoms with Crippen molar-refractivity contribution < 1.29 is 19.1 Å². The van der Waals surface area contributed by atoms with E-state index in [9.17, 15) is 14.4 Å². The molecule has 2 amide bonds. The van der Waals surface area contributed by atoms with Gasteiger partial charge in [-0.05, 0) is 71.0 Å². The summed E-state index contributed by atoms with van der Waals surface area (Å²) in [5.41, 5.74) is 0.206. The minimum Gasteiger partial charge on any atom is -0.491 e. The van der Waals surface area contributed by atoms with E-state index in [2.05, 4.69) is 10.6 Å². The predicted molar refractivity (Wildman–Crippen MR) is 110 cm³/mol. The standard InChI is InChI=1S/C22H26N2O4/c1-14(2)28-19-11-9-17(10-12-19)23-20(26)22(4,5)21(27)24-18-8-6-7-16(13-18)15(3)25/h6-14H,1-5H3,(H,23,26)(H,24,27). The fourth-order valence-corrected chi connectivity index (χ4v) is 2.38. The predicted octanol–water partition coefficient (Wildman–Crippen LogP) is 4.28. The van der Waals surface area contributed by atoms with E-state index in [1.54, 1.807) is 62.4 Å². The minimum atomic E-state index is -1.32. The Balaban J connectivity index is 2.05. The zero-order chi connectivity index (χ0) is 20.9. The fourth-order valence-electron chi connectivity index (χ4n) is 2.38. The van der Waals surface area contributed by atoms with Crippen molar-refractivity contribution in [3.05, 3.63) is 54.1 Å². The Bertz CT molecular complexity index is 870. The highest BCUT2D eigenvalue weighted by Crippen LogP contribution is 2.23. The maximum Gasteiger partial charge on any atom is 0.239 e. The molecule has 0 aliphatic rings. The van der Waals surface area contributed by atoms with Crippen LogP contribution >= 0.6 is 0 Å². The summed E-state index contributed by atoms with van der Waals surface area (Å²) in [5, 5.41) is 5.45. The first-order valence-electron chi connectivity index (χ1n) is 9.10. The highest BCUT2D eigenvalue weighted by molar-refractivity contribution is 6.14. The van der Waals surface area contributed by atoms with Gasteiger partial charge in [0.15, 0.2) is 5.78 Å². The number of amides is 2. The highest BCUT2D eigenvalue weighted by atomic mass is 16.5. The number of benzene rings is 2. The Kier molecular flexibility index (Phi) is 6.57. The molecule has 2 N–H and O–H groups in total. The third-order valence-electron chi connectivity index (χ3n) is 4.15. The van der Waals surface area contributed by atoms with Gasteiger partial charge in [0.05, 0.1) is 6.10 Å². The van der Waals surface area contributed by atoms with Gasteiger partial charge in [0.2, 0.25) is 11.8 Å². The van der Waals surface area contributed by atoms with Crippen molar-refractivity contribution in [1.29, 1.82) is 0 Å². The Morgan fingerprint density at radius 1 is 0.893 bits per heavy atom. The summed E-state index contributed by atoms with van der Waals surface area (Å²) in [5.74, 6) is -0.302. The Labute approximate surface area is 165 Å². The SMILES string of the molecule is CC(=O)c1cccc(NC(=O)C(C)(C)C(=O)Nc2ccc(OC(C)C)cc2)c1. The van der Waals surface area contributed by atoms with E-state index in [4.69, 9.17) is 4.74 Å². The second-order valence-corrected chi connectivity index (χ2v) is 7.36. The second-order valence-electron chi connectivity index (χ2n) is 7.36. The average Bonchev–Trinajstić information content (AvgIpc) is 2.63. The minimum absolute atomic E-state index is 0.0598. The number of anilines is 2. The molecule has 0 saturated carbocycles. The van der Waals surface area contributed by atoms with Crippen LogP contribution in [0.2, 0.25) is 0 Å². The van der Waals surface area contributed by atoms with E-state index in [1.807, 2.05) is 13.8 Å². The van der Waals surface area contributed by atoms with Crippen molar-refractivity contribution in [2.45, 2.75) is 40.7 Å². The molecule has 2 rings (SSSR count). The van der Waals surface area contributed by atoms with Crippen LogP contribution in [0.15, 0.2) is 48.5 Å². The number of rotatable bonds is 7. The molecule has 0 unspecified atom stereocenters. The molecule has 0 atom stereocenters. The molecule has 148 valence electrons. The molecule has 0 heterocycles. The summed E-state index contributed by atoms with van der Waals surface area (Å²) < 4.78 is 5.57. The van der Waals surface area contributed by atoms with Gasteiger partial charge in [-0.2, -0.15) is 0 Å². The van der Waals surface area contributed by atoms with Gasteiger partial charge in [0.1, 0.15) is 11.2 Å². The van der Waals surface area contributed by atoms with Crippen LogP contribution in [0.5, 0.6) is 5.75 Å². The molecule has 6 heteroatoms. The van der Waals surface area contributed by atoms with E-state index < -0.39 is 17.2 Å². The Morgan fingerprint density at radius 3 is 2.00 bits per heavy atom. The maximum atomic E-state index is 12.6. The summed E-state index contributed by atoms with van der Waals surface area (Å²) in [6.45, 7) is 8.41. The van der Waals surface area contributed by atoms with Gasteiger partial charge in [0, 0.05) is 16.9 Å². The molecule has 28 heavy (non-hydrogen) atoms. The van der Waals surface area contributed by atoms with E-state index in [0.29, 0.717) is 22.7 Å². The lowest BCUT2D eigenvalue weighted by atomic mass is 9.90. The second kappa shape index (κ2) is 8.69. The number of hydrogen-bond donors (Lipinski definition) is 2. The quantitative estimate of drug-likeness (QED) is 0.553. The lowest BCUT2D eigenvalue weighted by Crippen LogP contribution is -2.41. The van der Waals surface area contributed by atoms with E-state index in [1.165, 1.54) is 6.92 Å². The lowest BCUT2D eigenvalue weighted by molar-refractivity contribution is -0.135. The third-order valence-corrected chi connectivity index (χ3v) is 4.15. The Morgan fingerprint density at radius 2 is 1.46 bits per heavy atom. The highest BCUT2D eigenvalue weighted by Gasteiger charge is 2.36. The lowest BCUT2D eigenvalue weighted by Gasteiger charge is -2.23. The van der Waals surface area contributed by atoms with Gasteiger partial charge >= 0.3 is 0 Å². The van der Waals surface area contributed by atoms with Crippen molar-refractivity contribution in [2.75, 3.05) is 10.6 Å². The first kappa shape index (κ1) is 21.2. The fraction of sp³-hybridized carbons (Fsp3) is 0.318. The number of nitrogens with one attached hydrogen (secondary N) is 2. The molecule has 0 fully saturated rings. The molecule has 0 bridgehead atoms. The summed E-state index contributed by atoms with van der Waals surface area (Å²) in [6.07, 6.45) is 0.0598. The molecule has 6 nitrogen and oxygen atoms in total. The summed E-state index contributed by atoms with van der Waals surface area (Å²) in [7, 11) is 0. The smallest absolute Gasteiger partial charge is 0.239 e. The molecule has 0 radical (unpaired) electrons. The van der Waals surface area contributed by atoms with Gasteiger partial charge in [0.25, 0.3) is 0 Å². The Hall–Kier alpha value is -3.15. The third kappa shape index (κ3) is 5.42. The molecule has 0 aliphatic heterocycles. The van der Waals surface area contributed by atoms with Crippen molar-refractivity contribution in [1.82, 2.24) is 0 Å². The summed E-state index contributed by atoms with van der Waals surface area (Å²) >= 11 is 0. The van der Waals surface area contributed by atoms with E-state index >= 15 is 0 Å². The van der Waals surface area contributed by atoms with Crippen LogP contribution in [-0.2, 0) is 9.59 Å². The molecule has 2 aromatic carbocycles. The van der Waals surface area contributed by atoms with Crippen LogP contribution in [0, 0.1) is 5.41 Å². The number of ether oxygens (including phenoxy) is 1. The van der Waals surface area contributed by atoms with Gasteiger partial charge in [-0.15, -0.1) is 0 Å². The zero-order valence-electron chi connectivity index (χ0n) is 16.8. The van der Waals surface area contributed by atoms with Gasteiger partial charge < -0.3 is 15.4 Å². The number of ketones is 1. The van der Waals surface area contributed by atoms with Crippen LogP contribution in [0.4, 0.5) is 11.4 Å². The molecular weight excluding hydrogens is 356 g/mol. The van der Waals surface area contributed by atoms with Crippen LogP contribution in [0.1, 0.15) is 45.0 Å². The van der Waals surface area contributed by atoms with Crippen molar-refractivity contribution in [3.63, 3.8) is 0 Å². The van der Waals surface area contributed by atoms with Crippen LogP contribution in [0.3, 0.4) is 0 Å². The van der Waals surface area contributed by atoms with Gasteiger partial charge in [-0.3, -0.25) is 14.4 Å². The molecule has 0 aliphatic carbocycles. The summed E-state index contributed by atoms with van der Waals surface area (Å²) in [6, 6.07) is 13.6. The van der Waals surface area contributed by atoms with E-state index in [-0.39, 0.29) is 11.9 Å². The van der Waals surface area contributed by atoms with Crippen molar-refractivity contribution >= 4 is 29.0 Å². The molecule has 2 aromatic rings. The topological polar surface area (TPSA) is 84.5 Å². The van der Waals surface area contributed by atoms with Crippen LogP contribution in [0.25, 0.3) is 0 Å². The summed E-state index contributed by atoms with van der Waals surface area (Å²) in [4.78, 5) is 36.8. The average molecular weight is 382 g/mol. The monoisotopic (exact) mass is 382 g/mol.